The van der Waals surface area contributed by atoms with Crippen molar-refractivity contribution in [3.63, 3.8) is 0 Å². The molecule has 4 aromatic carbocycles. The zero-order valence-corrected chi connectivity index (χ0v) is 31.8. The van der Waals surface area contributed by atoms with Crippen molar-refractivity contribution in [3.8, 4) is 40.5 Å². The molecule has 7 nitrogen and oxygen atoms in total. The summed E-state index contributed by atoms with van der Waals surface area (Å²) < 4.78 is 33.0. The molecule has 1 atom stereocenters. The van der Waals surface area contributed by atoms with E-state index in [0.717, 1.165) is 85.3 Å². The SMILES string of the molecule is Cc1c(OCCCN2CCC(F)CC2)cccc1-c1cccc2c1CC[C@@H]2Oc1cc(OCc2cc(C#N)cc(C#N)c2)c(CNC2CCCC2)cc1Cl. The van der Waals surface area contributed by atoms with Gasteiger partial charge in [-0.1, -0.05) is 54.8 Å². The Morgan fingerprint density at radius 1 is 0.852 bits per heavy atom. The summed E-state index contributed by atoms with van der Waals surface area (Å²) in [5, 5.41) is 23.2. The summed E-state index contributed by atoms with van der Waals surface area (Å²) in [5.74, 6) is 2.11. The van der Waals surface area contributed by atoms with Crippen molar-refractivity contribution in [3.05, 3.63) is 111 Å². The van der Waals surface area contributed by atoms with Crippen LogP contribution in [0.3, 0.4) is 0 Å². The van der Waals surface area contributed by atoms with Crippen molar-refractivity contribution in [2.75, 3.05) is 26.2 Å². The highest BCUT2D eigenvalue weighted by Crippen LogP contribution is 2.44. The number of benzene rings is 4. The Kier molecular flexibility index (Phi) is 12.4. The number of ether oxygens (including phenoxy) is 3. The van der Waals surface area contributed by atoms with Gasteiger partial charge in [0, 0.05) is 43.9 Å². The van der Waals surface area contributed by atoms with Gasteiger partial charge in [0.2, 0.25) is 0 Å². The zero-order valence-electron chi connectivity index (χ0n) is 31.0. The van der Waals surface area contributed by atoms with E-state index >= 15 is 0 Å². The molecular formula is C45H48ClFN4O3. The molecule has 1 heterocycles. The van der Waals surface area contributed by atoms with Crippen molar-refractivity contribution >= 4 is 11.6 Å². The van der Waals surface area contributed by atoms with Gasteiger partial charge in [0.05, 0.1) is 34.9 Å². The number of fused-ring (bicyclic) bond motifs is 1. The lowest BCUT2D eigenvalue weighted by atomic mass is 9.93. The zero-order chi connectivity index (χ0) is 37.4. The van der Waals surface area contributed by atoms with E-state index in [1.807, 2.05) is 18.2 Å². The molecule has 280 valence electrons. The maximum Gasteiger partial charge on any atom is 0.142 e. The molecule has 0 radical (unpaired) electrons. The van der Waals surface area contributed by atoms with Crippen molar-refractivity contribution in [1.29, 1.82) is 10.5 Å². The highest BCUT2D eigenvalue weighted by molar-refractivity contribution is 6.32. The molecule has 1 saturated heterocycles. The van der Waals surface area contributed by atoms with Crippen LogP contribution in [0, 0.1) is 29.6 Å². The van der Waals surface area contributed by atoms with Gasteiger partial charge in [-0.3, -0.25) is 0 Å². The van der Waals surface area contributed by atoms with E-state index in [9.17, 15) is 14.9 Å². The fourth-order valence-corrected chi connectivity index (χ4v) is 8.42. The molecule has 54 heavy (non-hydrogen) atoms. The topological polar surface area (TPSA) is 90.5 Å². The normalized spacial score (nSPS) is 17.5. The molecule has 4 aromatic rings. The minimum atomic E-state index is -0.651. The van der Waals surface area contributed by atoms with Crippen molar-refractivity contribution < 1.29 is 18.6 Å². The van der Waals surface area contributed by atoms with Gasteiger partial charge in [-0.15, -0.1) is 0 Å². The second-order valence-electron chi connectivity index (χ2n) is 14.8. The van der Waals surface area contributed by atoms with Crippen LogP contribution >= 0.6 is 11.6 Å². The summed E-state index contributed by atoms with van der Waals surface area (Å²) in [6.45, 7) is 6.13. The predicted octanol–water partition coefficient (Wildman–Crippen LogP) is 9.94. The number of nitriles is 2. The number of rotatable bonds is 14. The first-order chi connectivity index (χ1) is 26.4. The Hall–Kier alpha value is -4.60. The van der Waals surface area contributed by atoms with Gasteiger partial charge < -0.3 is 24.4 Å². The number of hydrogen-bond acceptors (Lipinski definition) is 7. The molecule has 0 amide bonds. The van der Waals surface area contributed by atoms with Crippen LogP contribution in [0.1, 0.15) is 96.4 Å². The van der Waals surface area contributed by atoms with Gasteiger partial charge in [-0.25, -0.2) is 4.39 Å². The lowest BCUT2D eigenvalue weighted by Gasteiger charge is -2.28. The third kappa shape index (κ3) is 9.01. The Morgan fingerprint density at radius 3 is 2.35 bits per heavy atom. The van der Waals surface area contributed by atoms with E-state index < -0.39 is 6.17 Å². The van der Waals surface area contributed by atoms with E-state index in [0.29, 0.717) is 59.7 Å². The standard InChI is InChI=1S/C45H48ClFN4O3/c1-30-37(9-5-12-42(30)52-20-6-17-51-18-15-35(47)16-19-51)38-10-4-11-40-39(38)13-14-43(40)54-45-25-44(34(24-41(45)46)28-50-36-7-2-3-8-36)53-29-33-22-31(26-48)21-32(23-33)27-49/h4-5,9-12,21-25,35-36,43,50H,2-3,6-8,13-20,28-29H2,1H3/t43-/m0/s1. The Labute approximate surface area is 323 Å². The Morgan fingerprint density at radius 2 is 1.59 bits per heavy atom. The minimum Gasteiger partial charge on any atom is -0.493 e. The van der Waals surface area contributed by atoms with Crippen LogP contribution in [-0.4, -0.2) is 43.4 Å². The molecular weight excluding hydrogens is 699 g/mol. The fourth-order valence-electron chi connectivity index (χ4n) is 8.19. The average Bonchev–Trinajstić information content (AvgIpc) is 3.87. The number of alkyl halides is 1. The second-order valence-corrected chi connectivity index (χ2v) is 15.3. The highest BCUT2D eigenvalue weighted by atomic mass is 35.5. The van der Waals surface area contributed by atoms with E-state index in [1.54, 1.807) is 18.2 Å². The summed E-state index contributed by atoms with van der Waals surface area (Å²) in [4.78, 5) is 2.33. The van der Waals surface area contributed by atoms with Crippen LogP contribution in [0.2, 0.25) is 5.02 Å². The van der Waals surface area contributed by atoms with E-state index in [2.05, 4.69) is 59.6 Å². The van der Waals surface area contributed by atoms with Crippen LogP contribution in [-0.2, 0) is 19.6 Å². The molecule has 2 fully saturated rings. The Bertz CT molecular complexity index is 1990. The molecule has 1 N–H and O–H groups in total. The van der Waals surface area contributed by atoms with Crippen LogP contribution in [0.5, 0.6) is 17.2 Å². The number of likely N-dealkylation sites (tertiary alicyclic amines) is 1. The Balaban J connectivity index is 1.07. The monoisotopic (exact) mass is 746 g/mol. The summed E-state index contributed by atoms with van der Waals surface area (Å²) in [7, 11) is 0. The largest absolute Gasteiger partial charge is 0.493 e. The van der Waals surface area contributed by atoms with E-state index in [-0.39, 0.29) is 12.7 Å². The van der Waals surface area contributed by atoms with E-state index in [4.69, 9.17) is 25.8 Å². The molecule has 1 saturated carbocycles. The number of hydrogen-bond donors (Lipinski definition) is 1. The van der Waals surface area contributed by atoms with Gasteiger partial charge >= 0.3 is 0 Å². The molecule has 0 unspecified atom stereocenters. The smallest absolute Gasteiger partial charge is 0.142 e. The number of halogens is 2. The third-order valence-corrected chi connectivity index (χ3v) is 11.4. The molecule has 0 bridgehead atoms. The van der Waals surface area contributed by atoms with Crippen LogP contribution < -0.4 is 19.5 Å². The molecule has 1 aliphatic heterocycles. The van der Waals surface area contributed by atoms with Gasteiger partial charge in [-0.05, 0) is 116 Å². The lowest BCUT2D eigenvalue weighted by Crippen LogP contribution is -2.35. The summed E-state index contributed by atoms with van der Waals surface area (Å²) >= 11 is 6.95. The van der Waals surface area contributed by atoms with Gasteiger partial charge in [0.15, 0.2) is 0 Å². The minimum absolute atomic E-state index is 0.180. The summed E-state index contributed by atoms with van der Waals surface area (Å²) in [6.07, 6.45) is 7.81. The molecule has 3 aliphatic rings. The van der Waals surface area contributed by atoms with Crippen LogP contribution in [0.15, 0.2) is 66.7 Å². The second kappa shape index (κ2) is 17.7. The van der Waals surface area contributed by atoms with Crippen molar-refractivity contribution in [1.82, 2.24) is 10.2 Å². The summed E-state index contributed by atoms with van der Waals surface area (Å²) in [5.41, 5.74) is 8.41. The van der Waals surface area contributed by atoms with Crippen LogP contribution in [0.4, 0.5) is 4.39 Å². The molecule has 0 spiro atoms. The highest BCUT2D eigenvalue weighted by Gasteiger charge is 2.29. The van der Waals surface area contributed by atoms with Crippen molar-refractivity contribution in [2.45, 2.75) is 96.2 Å². The van der Waals surface area contributed by atoms with Gasteiger partial charge in [0.1, 0.15) is 36.1 Å². The van der Waals surface area contributed by atoms with Gasteiger partial charge in [-0.2, -0.15) is 10.5 Å². The number of nitrogens with one attached hydrogen (secondary N) is 1. The number of nitrogens with zero attached hydrogens (tertiary/aromatic N) is 3. The predicted molar refractivity (Wildman–Crippen MR) is 210 cm³/mol. The van der Waals surface area contributed by atoms with Crippen LogP contribution in [0.25, 0.3) is 11.1 Å². The molecule has 0 aromatic heterocycles. The first kappa shape index (κ1) is 37.7. The van der Waals surface area contributed by atoms with E-state index in [1.165, 1.54) is 24.0 Å². The fraction of sp³-hybridized carbons (Fsp3) is 0.422. The average molecular weight is 747 g/mol. The summed E-state index contributed by atoms with van der Waals surface area (Å²) in [6, 6.07) is 26.4. The first-order valence-electron chi connectivity index (χ1n) is 19.4. The first-order valence-corrected chi connectivity index (χ1v) is 19.8. The third-order valence-electron chi connectivity index (χ3n) is 11.1. The van der Waals surface area contributed by atoms with Gasteiger partial charge in [0.25, 0.3) is 0 Å². The maximum atomic E-state index is 13.5. The quantitative estimate of drug-likeness (QED) is 0.129. The number of piperidine rings is 1. The van der Waals surface area contributed by atoms with Crippen molar-refractivity contribution in [2.24, 2.45) is 0 Å². The molecule has 7 rings (SSSR count). The maximum absolute atomic E-state index is 13.5. The molecule has 2 aliphatic carbocycles. The lowest BCUT2D eigenvalue weighted by molar-refractivity contribution is 0.143. The molecule has 9 heteroatoms.